The Labute approximate surface area is 118 Å². The van der Waals surface area contributed by atoms with Crippen LogP contribution in [0.2, 0.25) is 0 Å². The molecule has 18 heavy (non-hydrogen) atoms. The van der Waals surface area contributed by atoms with Gasteiger partial charge < -0.3 is 9.05 Å². The van der Waals surface area contributed by atoms with Crippen molar-refractivity contribution in [2.45, 2.75) is 12.8 Å². The maximum absolute atomic E-state index is 12.6. The third kappa shape index (κ3) is 5.29. The number of benzene rings is 1. The predicted molar refractivity (Wildman–Crippen MR) is 76.3 cm³/mol. The SMILES string of the molecule is O=P(OCCCCl)(OCCCCl)c1ccccc1. The summed E-state index contributed by atoms with van der Waals surface area (Å²) < 4.78 is 23.5. The van der Waals surface area contributed by atoms with Crippen molar-refractivity contribution in [1.82, 2.24) is 0 Å². The summed E-state index contributed by atoms with van der Waals surface area (Å²) in [4.78, 5) is 0. The molecular weight excluding hydrogens is 294 g/mol. The standard InChI is InChI=1S/C12H17Cl2O3P/c13-8-4-10-16-18(15,17-11-5-9-14)12-6-2-1-3-7-12/h1-3,6-7H,4-5,8-11H2. The average Bonchev–Trinajstić information content (AvgIpc) is 2.40. The fraction of sp³-hybridized carbons (Fsp3) is 0.500. The molecular formula is C12H17Cl2O3P. The van der Waals surface area contributed by atoms with Crippen molar-refractivity contribution in [2.24, 2.45) is 0 Å². The summed E-state index contributed by atoms with van der Waals surface area (Å²) in [7, 11) is -3.25. The van der Waals surface area contributed by atoms with Gasteiger partial charge in [-0.1, -0.05) is 18.2 Å². The van der Waals surface area contributed by atoms with E-state index in [1.54, 1.807) is 24.3 Å². The second kappa shape index (κ2) is 8.95. The second-order valence-corrected chi connectivity index (χ2v) is 6.37. The van der Waals surface area contributed by atoms with E-state index in [4.69, 9.17) is 32.2 Å². The molecule has 0 spiro atoms. The Kier molecular flexibility index (Phi) is 7.96. The molecule has 0 radical (unpaired) electrons. The van der Waals surface area contributed by atoms with Gasteiger partial charge in [0.15, 0.2) is 0 Å². The molecule has 0 aliphatic rings. The van der Waals surface area contributed by atoms with Crippen LogP contribution in [0.1, 0.15) is 12.8 Å². The zero-order valence-corrected chi connectivity index (χ0v) is 12.5. The van der Waals surface area contributed by atoms with E-state index in [1.165, 1.54) is 0 Å². The summed E-state index contributed by atoms with van der Waals surface area (Å²) in [5, 5.41) is 0.564. The van der Waals surface area contributed by atoms with Crippen molar-refractivity contribution in [3.8, 4) is 0 Å². The van der Waals surface area contributed by atoms with Crippen molar-refractivity contribution in [3.05, 3.63) is 30.3 Å². The third-order valence-corrected chi connectivity index (χ3v) is 4.66. The van der Waals surface area contributed by atoms with Crippen LogP contribution in [0.15, 0.2) is 30.3 Å². The van der Waals surface area contributed by atoms with Crippen molar-refractivity contribution in [1.29, 1.82) is 0 Å². The zero-order valence-electron chi connectivity index (χ0n) is 10.1. The van der Waals surface area contributed by atoms with Crippen molar-refractivity contribution in [2.75, 3.05) is 25.0 Å². The van der Waals surface area contributed by atoms with E-state index in [1.807, 2.05) is 6.07 Å². The number of rotatable bonds is 9. The van der Waals surface area contributed by atoms with Crippen molar-refractivity contribution < 1.29 is 13.6 Å². The molecule has 1 aromatic rings. The van der Waals surface area contributed by atoms with Crippen LogP contribution in [0.5, 0.6) is 0 Å². The maximum Gasteiger partial charge on any atom is 0.361 e. The minimum atomic E-state index is -3.25. The van der Waals surface area contributed by atoms with Gasteiger partial charge in [0.2, 0.25) is 0 Å². The predicted octanol–water partition coefficient (Wildman–Crippen LogP) is 3.80. The van der Waals surface area contributed by atoms with Gasteiger partial charge in [0.25, 0.3) is 0 Å². The molecule has 0 amide bonds. The van der Waals surface area contributed by atoms with Gasteiger partial charge in [-0.15, -0.1) is 23.2 Å². The average molecular weight is 311 g/mol. The summed E-state index contributed by atoms with van der Waals surface area (Å²) in [6.45, 7) is 0.632. The van der Waals surface area contributed by atoms with Gasteiger partial charge in [0.05, 0.1) is 18.5 Å². The number of alkyl halides is 2. The van der Waals surface area contributed by atoms with Crippen LogP contribution in [0.25, 0.3) is 0 Å². The van der Waals surface area contributed by atoms with Crippen LogP contribution < -0.4 is 5.30 Å². The number of hydrogen-bond donors (Lipinski definition) is 0. The Hall–Kier alpha value is -0.0500. The maximum atomic E-state index is 12.6. The first-order chi connectivity index (χ1) is 8.73. The molecule has 0 aromatic heterocycles. The lowest BCUT2D eigenvalue weighted by Gasteiger charge is -2.18. The summed E-state index contributed by atoms with van der Waals surface area (Å²) in [5.74, 6) is 0.937. The molecule has 0 unspecified atom stereocenters. The van der Waals surface area contributed by atoms with Gasteiger partial charge in [0, 0.05) is 11.8 Å². The summed E-state index contributed by atoms with van der Waals surface area (Å²) in [5.41, 5.74) is 0. The minimum absolute atomic E-state index is 0.316. The van der Waals surface area contributed by atoms with Crippen LogP contribution in [-0.2, 0) is 13.6 Å². The molecule has 0 aliphatic carbocycles. The Bertz CT molecular complexity index is 359. The summed E-state index contributed by atoms with van der Waals surface area (Å²) >= 11 is 11.2. The smallest absolute Gasteiger partial charge is 0.305 e. The molecule has 1 aromatic carbocycles. The molecule has 0 bridgehead atoms. The Morgan fingerprint density at radius 2 is 1.44 bits per heavy atom. The van der Waals surface area contributed by atoms with Crippen LogP contribution in [0.3, 0.4) is 0 Å². The fourth-order valence-corrected chi connectivity index (χ4v) is 3.14. The zero-order chi connectivity index (χ0) is 13.3. The normalized spacial score (nSPS) is 11.7. The molecule has 3 nitrogen and oxygen atoms in total. The molecule has 0 N–H and O–H groups in total. The van der Waals surface area contributed by atoms with E-state index in [0.717, 1.165) is 0 Å². The number of halogens is 2. The van der Waals surface area contributed by atoms with Gasteiger partial charge >= 0.3 is 7.60 Å². The highest BCUT2D eigenvalue weighted by Gasteiger charge is 2.26. The molecule has 6 heteroatoms. The molecule has 0 aliphatic heterocycles. The lowest BCUT2D eigenvalue weighted by atomic mass is 10.4. The monoisotopic (exact) mass is 310 g/mol. The Morgan fingerprint density at radius 3 is 1.89 bits per heavy atom. The first-order valence-corrected chi connectivity index (χ1v) is 8.41. The third-order valence-electron chi connectivity index (χ3n) is 2.15. The van der Waals surface area contributed by atoms with Gasteiger partial charge in [-0.2, -0.15) is 0 Å². The highest BCUT2D eigenvalue weighted by atomic mass is 35.5. The minimum Gasteiger partial charge on any atom is -0.305 e. The Balaban J connectivity index is 2.70. The molecule has 0 heterocycles. The molecule has 0 saturated heterocycles. The highest BCUT2D eigenvalue weighted by molar-refractivity contribution is 7.62. The van der Waals surface area contributed by atoms with Crippen LogP contribution in [0, 0.1) is 0 Å². The van der Waals surface area contributed by atoms with E-state index in [0.29, 0.717) is 43.1 Å². The first-order valence-electron chi connectivity index (χ1n) is 5.79. The van der Waals surface area contributed by atoms with Crippen LogP contribution in [0.4, 0.5) is 0 Å². The molecule has 0 fully saturated rings. The van der Waals surface area contributed by atoms with Gasteiger partial charge in [-0.25, -0.2) is 0 Å². The largest absolute Gasteiger partial charge is 0.361 e. The quantitative estimate of drug-likeness (QED) is 0.395. The van der Waals surface area contributed by atoms with Gasteiger partial charge in [0.1, 0.15) is 0 Å². The lowest BCUT2D eigenvalue weighted by Crippen LogP contribution is -2.11. The van der Waals surface area contributed by atoms with Gasteiger partial charge in [-0.3, -0.25) is 4.57 Å². The van der Waals surface area contributed by atoms with Crippen molar-refractivity contribution >= 4 is 36.1 Å². The molecule has 1 rings (SSSR count). The first kappa shape index (κ1) is 16.0. The molecule has 0 atom stereocenters. The fourth-order valence-electron chi connectivity index (χ4n) is 1.28. The van der Waals surface area contributed by atoms with Crippen LogP contribution in [-0.4, -0.2) is 25.0 Å². The topological polar surface area (TPSA) is 35.5 Å². The van der Waals surface area contributed by atoms with Crippen molar-refractivity contribution in [3.63, 3.8) is 0 Å². The van der Waals surface area contributed by atoms with E-state index in [-0.39, 0.29) is 0 Å². The van der Waals surface area contributed by atoms with Gasteiger partial charge in [-0.05, 0) is 25.0 Å². The van der Waals surface area contributed by atoms with E-state index in [9.17, 15) is 4.57 Å². The highest BCUT2D eigenvalue weighted by Crippen LogP contribution is 2.47. The Morgan fingerprint density at radius 1 is 0.944 bits per heavy atom. The lowest BCUT2D eigenvalue weighted by molar-refractivity contribution is 0.214. The van der Waals surface area contributed by atoms with E-state index >= 15 is 0 Å². The summed E-state index contributed by atoms with van der Waals surface area (Å²) in [6, 6.07) is 8.94. The number of hydrogen-bond acceptors (Lipinski definition) is 3. The van der Waals surface area contributed by atoms with Crippen LogP contribution >= 0.6 is 30.8 Å². The van der Waals surface area contributed by atoms with E-state index in [2.05, 4.69) is 0 Å². The summed E-state index contributed by atoms with van der Waals surface area (Å²) in [6.07, 6.45) is 1.27. The second-order valence-electron chi connectivity index (χ2n) is 3.58. The molecule has 0 saturated carbocycles. The molecule has 102 valence electrons. The van der Waals surface area contributed by atoms with E-state index < -0.39 is 7.60 Å².